The number of hydrogen-bond acceptors (Lipinski definition) is 9. The number of anilines is 1. The van der Waals surface area contributed by atoms with E-state index < -0.39 is 17.4 Å². The van der Waals surface area contributed by atoms with E-state index in [0.717, 1.165) is 34.5 Å². The molecule has 2 saturated heterocycles. The number of aryl methyl sites for hydroxylation is 1. The Morgan fingerprint density at radius 2 is 2.02 bits per heavy atom. The molecule has 7 rings (SSSR count). The van der Waals surface area contributed by atoms with Crippen LogP contribution < -0.4 is 11.0 Å². The molecule has 12 nitrogen and oxygen atoms in total. The number of rotatable bonds is 9. The molecule has 2 fully saturated rings. The molecule has 5 aromatic rings. The van der Waals surface area contributed by atoms with Crippen LogP contribution >= 0.6 is 0 Å². The van der Waals surface area contributed by atoms with E-state index in [1.165, 1.54) is 12.4 Å². The summed E-state index contributed by atoms with van der Waals surface area (Å²) in [5, 5.41) is 20.4. The topological polar surface area (TPSA) is 131 Å². The van der Waals surface area contributed by atoms with E-state index in [1.54, 1.807) is 41.5 Å². The number of nitriles is 1. The van der Waals surface area contributed by atoms with Gasteiger partial charge < -0.3 is 14.6 Å². The van der Waals surface area contributed by atoms with Gasteiger partial charge in [-0.1, -0.05) is 0 Å². The van der Waals surface area contributed by atoms with Crippen molar-refractivity contribution < 1.29 is 17.9 Å². The highest BCUT2D eigenvalue weighted by Gasteiger charge is 2.45. The number of alkyl halides is 3. The van der Waals surface area contributed by atoms with E-state index in [-0.39, 0.29) is 23.3 Å². The van der Waals surface area contributed by atoms with E-state index in [0.29, 0.717) is 66.5 Å². The van der Waals surface area contributed by atoms with Crippen LogP contribution in [0.25, 0.3) is 33.8 Å². The Bertz CT molecular complexity index is 2040. The summed E-state index contributed by atoms with van der Waals surface area (Å²) in [6.07, 6.45) is 4.64. The number of fused-ring (bicyclic) bond motifs is 1. The largest absolute Gasteiger partial charge is 0.418 e. The Morgan fingerprint density at radius 1 is 1.17 bits per heavy atom. The molecule has 15 heteroatoms. The zero-order chi connectivity index (χ0) is 32.8. The number of nitrogens with one attached hydrogen (secondary N) is 1. The zero-order valence-electron chi connectivity index (χ0n) is 25.5. The van der Waals surface area contributed by atoms with Crippen molar-refractivity contribution in [3.8, 4) is 34.4 Å². The molecule has 0 saturated carbocycles. The maximum Gasteiger partial charge on any atom is 0.418 e. The Labute approximate surface area is 267 Å². The predicted octanol–water partition coefficient (Wildman–Crippen LogP) is 4.30. The van der Waals surface area contributed by atoms with Crippen molar-refractivity contribution >= 4 is 11.3 Å². The monoisotopic (exact) mass is 644 g/mol. The van der Waals surface area contributed by atoms with Crippen LogP contribution in [0.5, 0.6) is 0 Å². The summed E-state index contributed by atoms with van der Waals surface area (Å²) in [5.41, 5.74) is 0.589. The highest BCUT2D eigenvalue weighted by Crippen LogP contribution is 2.40. The molecule has 0 aliphatic carbocycles. The lowest BCUT2D eigenvalue weighted by Gasteiger charge is -2.47. The molecule has 2 aliphatic heterocycles. The predicted molar refractivity (Wildman–Crippen MR) is 166 cm³/mol. The van der Waals surface area contributed by atoms with Crippen molar-refractivity contribution in [2.75, 3.05) is 38.2 Å². The molecule has 5 aromatic heterocycles. The number of aromatic nitrogens is 7. The maximum absolute atomic E-state index is 14.5. The number of hydrogen-bond donors (Lipinski definition) is 1. The van der Waals surface area contributed by atoms with Gasteiger partial charge in [-0.3, -0.25) is 18.9 Å². The fraction of sp³-hybridized carbons (Fsp3) is 0.375. The highest BCUT2D eigenvalue weighted by molar-refractivity contribution is 5.81. The van der Waals surface area contributed by atoms with Crippen molar-refractivity contribution in [1.29, 1.82) is 5.26 Å². The fourth-order valence-electron chi connectivity index (χ4n) is 6.51. The molecule has 47 heavy (non-hydrogen) atoms. The maximum atomic E-state index is 14.5. The summed E-state index contributed by atoms with van der Waals surface area (Å²) >= 11 is 0. The number of unbranched alkanes of at least 4 members (excludes halogenated alkanes) is 1. The normalized spacial score (nSPS) is 16.1. The van der Waals surface area contributed by atoms with Crippen LogP contribution in [0.3, 0.4) is 0 Å². The van der Waals surface area contributed by atoms with Crippen LogP contribution in [0, 0.1) is 16.7 Å². The first-order valence-electron chi connectivity index (χ1n) is 15.2. The molecule has 0 unspecified atom stereocenters. The van der Waals surface area contributed by atoms with Gasteiger partial charge in [0.05, 0.1) is 23.8 Å². The minimum atomic E-state index is -4.70. The minimum absolute atomic E-state index is 0.0785. The van der Waals surface area contributed by atoms with Crippen LogP contribution in [0.2, 0.25) is 0 Å². The number of halogens is 3. The summed E-state index contributed by atoms with van der Waals surface area (Å²) in [6, 6.07) is 8.42. The molecule has 242 valence electrons. The van der Waals surface area contributed by atoms with E-state index >= 15 is 0 Å². The van der Waals surface area contributed by atoms with E-state index in [4.69, 9.17) is 10.00 Å². The third-order valence-electron chi connectivity index (χ3n) is 8.75. The third-order valence-corrected chi connectivity index (χ3v) is 8.75. The smallest absolute Gasteiger partial charge is 0.381 e. The lowest BCUT2D eigenvalue weighted by atomic mass is 9.79. The van der Waals surface area contributed by atoms with Crippen LogP contribution in [0.4, 0.5) is 19.0 Å². The van der Waals surface area contributed by atoms with Gasteiger partial charge >= 0.3 is 11.9 Å². The number of ether oxygens (including phenoxy) is 1. The van der Waals surface area contributed by atoms with Gasteiger partial charge in [0.2, 0.25) is 0 Å². The first-order valence-corrected chi connectivity index (χ1v) is 15.2. The van der Waals surface area contributed by atoms with Gasteiger partial charge in [-0.25, -0.2) is 9.78 Å². The number of nitrogens with zero attached hydrogens (tertiary/aromatic N) is 9. The lowest BCUT2D eigenvalue weighted by Crippen LogP contribution is -2.56. The minimum Gasteiger partial charge on any atom is -0.381 e. The zero-order valence-corrected chi connectivity index (χ0v) is 25.5. The molecule has 2 aliphatic rings. The standard InChI is InChI=1S/C32H31F3N10O2/c1-42-20-39-41-29(42)23-4-8-37-13-24(23)22-11-27(38-7-3-2-6-36)40-28(12-22)45-16-26-25(32(33,34)35)10-21(15-44(26)30(45)46)14-43-17-31(18-43)5-9-47-19-31/h4,8,10-13,15-16,20H,2-3,5,7,9,14,17-19H2,1H3,(H,38,40). The SMILES string of the molecule is Cn1cnnc1-c1ccncc1-c1cc(NCCCC#N)nc(-n2cc3c(C(F)(F)F)cc(CN4CC5(CCOC5)C4)cn3c2=O)c1. The van der Waals surface area contributed by atoms with Crippen molar-refractivity contribution in [3.63, 3.8) is 0 Å². The second-order valence-corrected chi connectivity index (χ2v) is 12.2. The van der Waals surface area contributed by atoms with Crippen LogP contribution in [0.15, 0.2) is 60.2 Å². The molecule has 1 N–H and O–H groups in total. The molecule has 7 heterocycles. The Morgan fingerprint density at radius 3 is 2.74 bits per heavy atom. The van der Waals surface area contributed by atoms with E-state index in [1.807, 2.05) is 7.05 Å². The number of likely N-dealkylation sites (tertiary alicyclic amines) is 1. The Hall–Kier alpha value is -5.07. The third kappa shape index (κ3) is 5.85. The van der Waals surface area contributed by atoms with Gasteiger partial charge in [0, 0.05) is 87.6 Å². The molecular formula is C32H31F3N10O2. The van der Waals surface area contributed by atoms with Gasteiger partial charge in [0.15, 0.2) is 5.82 Å². The summed E-state index contributed by atoms with van der Waals surface area (Å²) in [4.78, 5) is 24.9. The molecule has 0 aromatic carbocycles. The van der Waals surface area contributed by atoms with Gasteiger partial charge in [0.1, 0.15) is 18.0 Å². The van der Waals surface area contributed by atoms with E-state index in [9.17, 15) is 18.0 Å². The molecule has 0 radical (unpaired) electrons. The Kier molecular flexibility index (Phi) is 7.77. The van der Waals surface area contributed by atoms with Gasteiger partial charge in [0.25, 0.3) is 0 Å². The first kappa shape index (κ1) is 30.6. The van der Waals surface area contributed by atoms with Crippen molar-refractivity contribution in [2.45, 2.75) is 32.0 Å². The average Bonchev–Trinajstić information content (AvgIpc) is 3.78. The second kappa shape index (κ2) is 11.9. The summed E-state index contributed by atoms with van der Waals surface area (Å²) in [6.45, 7) is 3.57. The van der Waals surface area contributed by atoms with Crippen LogP contribution in [-0.4, -0.2) is 71.4 Å². The first-order chi connectivity index (χ1) is 22.6. The van der Waals surface area contributed by atoms with Crippen molar-refractivity contribution in [3.05, 3.63) is 77.0 Å². The quantitative estimate of drug-likeness (QED) is 0.234. The van der Waals surface area contributed by atoms with Crippen LogP contribution in [-0.2, 0) is 24.5 Å². The Balaban J connectivity index is 1.32. The second-order valence-electron chi connectivity index (χ2n) is 12.2. The van der Waals surface area contributed by atoms with Gasteiger partial charge in [-0.15, -0.1) is 10.2 Å². The molecule has 1 spiro atoms. The average molecular weight is 645 g/mol. The summed E-state index contributed by atoms with van der Waals surface area (Å²) in [5.74, 6) is 1.07. The lowest BCUT2D eigenvalue weighted by molar-refractivity contribution is -0.136. The van der Waals surface area contributed by atoms with Crippen molar-refractivity contribution in [2.24, 2.45) is 12.5 Å². The van der Waals surface area contributed by atoms with Crippen molar-refractivity contribution in [1.82, 2.24) is 38.6 Å². The molecule has 0 atom stereocenters. The molecule has 0 bridgehead atoms. The number of imidazole rings is 1. The molecule has 0 amide bonds. The number of pyridine rings is 3. The summed E-state index contributed by atoms with van der Waals surface area (Å²) in [7, 11) is 1.81. The highest BCUT2D eigenvalue weighted by atomic mass is 19.4. The van der Waals surface area contributed by atoms with Crippen LogP contribution in [0.1, 0.15) is 30.4 Å². The van der Waals surface area contributed by atoms with E-state index in [2.05, 4.69) is 36.5 Å². The fourth-order valence-corrected chi connectivity index (χ4v) is 6.51. The molecular weight excluding hydrogens is 613 g/mol. The van der Waals surface area contributed by atoms with Gasteiger partial charge in [-0.05, 0) is 48.2 Å². The van der Waals surface area contributed by atoms with Gasteiger partial charge in [-0.2, -0.15) is 18.4 Å². The summed E-state index contributed by atoms with van der Waals surface area (Å²) < 4.78 is 52.8.